The number of likely N-dealkylation sites (tertiary alicyclic amines) is 1. The largest absolute Gasteiger partial charge is 0.351 e. The van der Waals surface area contributed by atoms with Crippen molar-refractivity contribution in [2.45, 2.75) is 44.6 Å². The molecule has 3 aromatic rings. The Hall–Kier alpha value is -3.44. The first-order chi connectivity index (χ1) is 15.7. The van der Waals surface area contributed by atoms with Crippen molar-refractivity contribution < 1.29 is 9.59 Å². The van der Waals surface area contributed by atoms with Gasteiger partial charge >= 0.3 is 0 Å². The zero-order chi connectivity index (χ0) is 22.2. The highest BCUT2D eigenvalue weighted by Gasteiger charge is 2.41. The minimum atomic E-state index is -0.327. The molecule has 1 fully saturated rings. The summed E-state index contributed by atoms with van der Waals surface area (Å²) in [5.41, 5.74) is 3.22. The molecule has 0 radical (unpaired) electrons. The van der Waals surface area contributed by atoms with Crippen LogP contribution in [0.15, 0.2) is 91.0 Å². The fourth-order valence-electron chi connectivity index (χ4n) is 4.25. The molecule has 4 rings (SSSR count). The number of nitrogens with zero attached hydrogens (tertiary/aromatic N) is 1. The van der Waals surface area contributed by atoms with E-state index in [-0.39, 0.29) is 23.9 Å². The molecule has 0 spiro atoms. The van der Waals surface area contributed by atoms with Gasteiger partial charge in [0, 0.05) is 19.6 Å². The van der Waals surface area contributed by atoms with Crippen LogP contribution in [0.5, 0.6) is 0 Å². The molecule has 32 heavy (non-hydrogen) atoms. The molecule has 2 atom stereocenters. The molecule has 2 amide bonds. The Morgan fingerprint density at radius 2 is 1.00 bits per heavy atom. The molecule has 2 unspecified atom stereocenters. The first-order valence-corrected chi connectivity index (χ1v) is 11.1. The van der Waals surface area contributed by atoms with Crippen molar-refractivity contribution in [2.75, 3.05) is 0 Å². The van der Waals surface area contributed by atoms with Crippen LogP contribution in [0.3, 0.4) is 0 Å². The first-order valence-electron chi connectivity index (χ1n) is 11.1. The van der Waals surface area contributed by atoms with Crippen molar-refractivity contribution in [3.05, 3.63) is 108 Å². The quantitative estimate of drug-likeness (QED) is 0.577. The molecule has 5 heteroatoms. The Kier molecular flexibility index (Phi) is 7.31. The van der Waals surface area contributed by atoms with E-state index < -0.39 is 0 Å². The highest BCUT2D eigenvalue weighted by Crippen LogP contribution is 2.27. The van der Waals surface area contributed by atoms with E-state index >= 15 is 0 Å². The maximum atomic E-state index is 13.1. The molecule has 1 aliphatic rings. The van der Waals surface area contributed by atoms with Crippen LogP contribution in [0.4, 0.5) is 0 Å². The fraction of sp³-hybridized carbons (Fsp3) is 0.259. The van der Waals surface area contributed by atoms with Crippen LogP contribution in [0.1, 0.15) is 29.5 Å². The van der Waals surface area contributed by atoms with Crippen LogP contribution >= 0.6 is 0 Å². The van der Waals surface area contributed by atoms with Gasteiger partial charge in [0.2, 0.25) is 11.8 Å². The number of carbonyl (C=O) groups is 2. The number of nitrogens with one attached hydrogen (secondary N) is 2. The minimum Gasteiger partial charge on any atom is -0.351 e. The van der Waals surface area contributed by atoms with Crippen LogP contribution in [0.2, 0.25) is 0 Å². The van der Waals surface area contributed by atoms with Crippen molar-refractivity contribution in [3.63, 3.8) is 0 Å². The average molecular weight is 428 g/mol. The van der Waals surface area contributed by atoms with Crippen LogP contribution in [-0.2, 0) is 29.2 Å². The Balaban J connectivity index is 1.44. The van der Waals surface area contributed by atoms with Gasteiger partial charge in [-0.1, -0.05) is 91.0 Å². The standard InChI is InChI=1S/C27H29N3O2/c31-26(28-18-21-10-4-1-5-11-21)24-16-17-25(30(24)20-23-14-8-3-9-15-23)27(32)29-19-22-12-6-2-7-13-22/h1-15,24-25H,16-20H2,(H,28,31)(H,29,32). The summed E-state index contributed by atoms with van der Waals surface area (Å²) >= 11 is 0. The van der Waals surface area contributed by atoms with E-state index in [1.807, 2.05) is 91.0 Å². The molecule has 5 nitrogen and oxygen atoms in total. The highest BCUT2D eigenvalue weighted by molar-refractivity contribution is 5.86. The summed E-state index contributed by atoms with van der Waals surface area (Å²) in [7, 11) is 0. The summed E-state index contributed by atoms with van der Waals surface area (Å²) in [5, 5.41) is 6.12. The molecule has 164 valence electrons. The number of hydrogen-bond donors (Lipinski definition) is 2. The molecular formula is C27H29N3O2. The molecule has 1 aliphatic heterocycles. The number of benzene rings is 3. The normalized spacial score (nSPS) is 18.2. The first kappa shape index (κ1) is 21.8. The fourth-order valence-corrected chi connectivity index (χ4v) is 4.25. The molecule has 0 saturated carbocycles. The van der Waals surface area contributed by atoms with E-state index in [9.17, 15) is 9.59 Å². The molecule has 2 N–H and O–H groups in total. The van der Waals surface area contributed by atoms with E-state index in [1.165, 1.54) is 0 Å². The van der Waals surface area contributed by atoms with Gasteiger partial charge in [-0.3, -0.25) is 14.5 Å². The van der Waals surface area contributed by atoms with Gasteiger partial charge in [0.15, 0.2) is 0 Å². The minimum absolute atomic E-state index is 0.0249. The van der Waals surface area contributed by atoms with E-state index in [4.69, 9.17) is 0 Å². The second-order valence-corrected chi connectivity index (χ2v) is 8.17. The van der Waals surface area contributed by atoms with Crippen LogP contribution in [-0.4, -0.2) is 28.8 Å². The third kappa shape index (κ3) is 5.62. The van der Waals surface area contributed by atoms with Crippen molar-refractivity contribution in [3.8, 4) is 0 Å². The maximum absolute atomic E-state index is 13.1. The molecule has 3 aromatic carbocycles. The topological polar surface area (TPSA) is 61.4 Å². The summed E-state index contributed by atoms with van der Waals surface area (Å²) in [6.45, 7) is 1.54. The van der Waals surface area contributed by atoms with Crippen molar-refractivity contribution in [2.24, 2.45) is 0 Å². The van der Waals surface area contributed by atoms with Gasteiger partial charge < -0.3 is 10.6 Å². The van der Waals surface area contributed by atoms with Gasteiger partial charge in [0.1, 0.15) is 0 Å². The van der Waals surface area contributed by atoms with E-state index in [2.05, 4.69) is 15.5 Å². The predicted octanol–water partition coefficient (Wildman–Crippen LogP) is 3.65. The Morgan fingerprint density at radius 3 is 1.41 bits per heavy atom. The van der Waals surface area contributed by atoms with E-state index in [0.29, 0.717) is 32.5 Å². The Bertz CT molecular complexity index is 945. The zero-order valence-corrected chi connectivity index (χ0v) is 18.1. The van der Waals surface area contributed by atoms with E-state index in [1.54, 1.807) is 0 Å². The van der Waals surface area contributed by atoms with Crippen LogP contribution in [0.25, 0.3) is 0 Å². The lowest BCUT2D eigenvalue weighted by Crippen LogP contribution is -2.50. The summed E-state index contributed by atoms with van der Waals surface area (Å²) in [5.74, 6) is -0.0497. The number of rotatable bonds is 8. The van der Waals surface area contributed by atoms with Crippen LogP contribution < -0.4 is 10.6 Å². The summed E-state index contributed by atoms with van der Waals surface area (Å²) in [6.07, 6.45) is 1.33. The van der Waals surface area contributed by atoms with Gasteiger partial charge in [-0.25, -0.2) is 0 Å². The molecule has 0 aromatic heterocycles. The van der Waals surface area contributed by atoms with Crippen molar-refractivity contribution in [1.82, 2.24) is 15.5 Å². The van der Waals surface area contributed by atoms with Crippen molar-refractivity contribution >= 4 is 11.8 Å². The summed E-state index contributed by atoms with van der Waals surface area (Å²) in [6, 6.07) is 29.1. The molecular weight excluding hydrogens is 398 g/mol. The molecule has 0 aliphatic carbocycles. The second-order valence-electron chi connectivity index (χ2n) is 8.17. The highest BCUT2D eigenvalue weighted by atomic mass is 16.2. The number of hydrogen-bond acceptors (Lipinski definition) is 3. The molecule has 1 saturated heterocycles. The second kappa shape index (κ2) is 10.7. The molecule has 1 heterocycles. The number of amides is 2. The van der Waals surface area contributed by atoms with Gasteiger partial charge in [0.25, 0.3) is 0 Å². The Morgan fingerprint density at radius 1 is 0.625 bits per heavy atom. The smallest absolute Gasteiger partial charge is 0.237 e. The number of carbonyl (C=O) groups excluding carboxylic acids is 2. The van der Waals surface area contributed by atoms with Crippen molar-refractivity contribution in [1.29, 1.82) is 0 Å². The van der Waals surface area contributed by atoms with Gasteiger partial charge in [0.05, 0.1) is 12.1 Å². The third-order valence-electron chi connectivity index (χ3n) is 5.95. The lowest BCUT2D eigenvalue weighted by atomic mass is 10.1. The average Bonchev–Trinajstić information content (AvgIpc) is 3.26. The molecule has 0 bridgehead atoms. The SMILES string of the molecule is O=C(NCc1ccccc1)C1CCC(C(=O)NCc2ccccc2)N1Cc1ccccc1. The predicted molar refractivity (Wildman–Crippen MR) is 125 cm³/mol. The lowest BCUT2D eigenvalue weighted by Gasteiger charge is -2.29. The van der Waals surface area contributed by atoms with Gasteiger partial charge in [-0.05, 0) is 29.5 Å². The van der Waals surface area contributed by atoms with E-state index in [0.717, 1.165) is 16.7 Å². The summed E-state index contributed by atoms with van der Waals surface area (Å²) < 4.78 is 0. The zero-order valence-electron chi connectivity index (χ0n) is 18.1. The lowest BCUT2D eigenvalue weighted by molar-refractivity contribution is -0.130. The monoisotopic (exact) mass is 427 g/mol. The maximum Gasteiger partial charge on any atom is 0.237 e. The third-order valence-corrected chi connectivity index (χ3v) is 5.95. The van der Waals surface area contributed by atoms with Gasteiger partial charge in [-0.2, -0.15) is 0 Å². The summed E-state index contributed by atoms with van der Waals surface area (Å²) in [4.78, 5) is 28.2. The van der Waals surface area contributed by atoms with Gasteiger partial charge in [-0.15, -0.1) is 0 Å². The van der Waals surface area contributed by atoms with Crippen LogP contribution in [0, 0.1) is 0 Å². The Labute approximate surface area is 189 Å².